The average Bonchev–Trinajstić information content (AvgIpc) is 3.14. The van der Waals surface area contributed by atoms with Gasteiger partial charge in [0.2, 0.25) is 5.91 Å². The van der Waals surface area contributed by atoms with Gasteiger partial charge in [-0.1, -0.05) is 35.4 Å². The van der Waals surface area contributed by atoms with Crippen molar-refractivity contribution in [3.05, 3.63) is 76.5 Å². The van der Waals surface area contributed by atoms with E-state index in [1.807, 2.05) is 31.2 Å². The smallest absolute Gasteiger partial charge is 0.411 e. The maximum Gasteiger partial charge on any atom is 0.411 e. The van der Waals surface area contributed by atoms with Gasteiger partial charge in [-0.25, -0.2) is 9.78 Å². The standard InChI is InChI=1S/C31H36N4O4/c1-19-14-20(2)16-23(15-19)30-21(3)35(31(37)39-30)18-26-24(8-11-29(33-26)34-12-5-13-34)25-17-22(7-10-28(32)36)6-9-27(25)38-4/h6,8-9,11,14-17,21,30H,5,7,10,12-13,18H2,1-4H3,(H2,32,36). The molecule has 1 aromatic heterocycles. The maximum atomic E-state index is 13.2. The van der Waals surface area contributed by atoms with Crippen LogP contribution in [0.4, 0.5) is 10.6 Å². The van der Waals surface area contributed by atoms with E-state index in [1.54, 1.807) is 12.0 Å². The molecule has 2 saturated heterocycles. The third kappa shape index (κ3) is 5.55. The molecule has 8 nitrogen and oxygen atoms in total. The molecule has 5 rings (SSSR count). The van der Waals surface area contributed by atoms with Gasteiger partial charge in [-0.3, -0.25) is 9.69 Å². The number of aryl methyl sites for hydroxylation is 3. The van der Waals surface area contributed by atoms with Crippen LogP contribution in [0.2, 0.25) is 0 Å². The SMILES string of the molecule is COc1ccc(CCC(N)=O)cc1-c1ccc(N2CCC2)nc1CN1C(=O)OC(c2cc(C)cc(C)c2)C1C. The van der Waals surface area contributed by atoms with Gasteiger partial charge in [-0.05, 0) is 69.0 Å². The van der Waals surface area contributed by atoms with Gasteiger partial charge in [0.25, 0.3) is 0 Å². The minimum absolute atomic E-state index is 0.176. The third-order valence-electron chi connectivity index (χ3n) is 7.64. The van der Waals surface area contributed by atoms with Crippen molar-refractivity contribution in [1.82, 2.24) is 9.88 Å². The Labute approximate surface area is 229 Å². The molecule has 2 unspecified atom stereocenters. The lowest BCUT2D eigenvalue weighted by molar-refractivity contribution is -0.117. The van der Waals surface area contributed by atoms with Crippen molar-refractivity contribution in [1.29, 1.82) is 0 Å². The summed E-state index contributed by atoms with van der Waals surface area (Å²) in [6.07, 6.45) is 1.23. The van der Waals surface area contributed by atoms with Gasteiger partial charge in [0, 0.05) is 30.6 Å². The summed E-state index contributed by atoms with van der Waals surface area (Å²) < 4.78 is 11.6. The number of cyclic esters (lactones) is 1. The lowest BCUT2D eigenvalue weighted by Gasteiger charge is -2.33. The zero-order valence-corrected chi connectivity index (χ0v) is 23.1. The Morgan fingerprint density at radius 3 is 2.46 bits per heavy atom. The molecule has 2 aromatic carbocycles. The highest BCUT2D eigenvalue weighted by atomic mass is 16.6. The third-order valence-corrected chi connectivity index (χ3v) is 7.64. The molecule has 0 aliphatic carbocycles. The van der Waals surface area contributed by atoms with Crippen LogP contribution < -0.4 is 15.4 Å². The minimum atomic E-state index is -0.357. The molecule has 2 fully saturated rings. The monoisotopic (exact) mass is 528 g/mol. The van der Waals surface area contributed by atoms with Crippen LogP contribution in [0.1, 0.15) is 53.8 Å². The first-order valence-electron chi connectivity index (χ1n) is 13.5. The average molecular weight is 529 g/mol. The highest BCUT2D eigenvalue weighted by Crippen LogP contribution is 2.38. The normalized spacial score (nSPS) is 18.6. The first-order chi connectivity index (χ1) is 18.7. The fraction of sp³-hybridized carbons (Fsp3) is 0.387. The molecule has 0 radical (unpaired) electrons. The number of pyridine rings is 1. The number of rotatable bonds is 9. The number of carbonyl (C=O) groups excluding carboxylic acids is 2. The van der Waals surface area contributed by atoms with E-state index >= 15 is 0 Å². The number of carbonyl (C=O) groups is 2. The van der Waals surface area contributed by atoms with Crippen LogP contribution in [-0.4, -0.2) is 48.1 Å². The van der Waals surface area contributed by atoms with Gasteiger partial charge in [-0.15, -0.1) is 0 Å². The molecule has 2 amide bonds. The Hall–Kier alpha value is -4.07. The van der Waals surface area contributed by atoms with Crippen molar-refractivity contribution in [3.63, 3.8) is 0 Å². The maximum absolute atomic E-state index is 13.2. The molecule has 8 heteroatoms. The van der Waals surface area contributed by atoms with E-state index < -0.39 is 0 Å². The summed E-state index contributed by atoms with van der Waals surface area (Å²) in [6, 6.07) is 16.1. The first kappa shape index (κ1) is 26.5. The molecule has 0 saturated carbocycles. The molecular formula is C31H36N4O4. The summed E-state index contributed by atoms with van der Waals surface area (Å²) >= 11 is 0. The van der Waals surface area contributed by atoms with Gasteiger partial charge < -0.3 is 20.1 Å². The Morgan fingerprint density at radius 2 is 1.82 bits per heavy atom. The molecule has 204 valence electrons. The molecule has 39 heavy (non-hydrogen) atoms. The summed E-state index contributed by atoms with van der Waals surface area (Å²) in [6.45, 7) is 8.36. The second kappa shape index (κ2) is 11.0. The number of hydrogen-bond donors (Lipinski definition) is 1. The Bertz CT molecular complexity index is 1380. The number of nitrogens with two attached hydrogens (primary N) is 1. The summed E-state index contributed by atoms with van der Waals surface area (Å²) in [5.74, 6) is 1.26. The van der Waals surface area contributed by atoms with Crippen LogP contribution in [-0.2, 0) is 22.5 Å². The number of ether oxygens (including phenoxy) is 2. The summed E-state index contributed by atoms with van der Waals surface area (Å²) in [5, 5.41) is 0. The van der Waals surface area contributed by atoms with E-state index in [0.29, 0.717) is 18.7 Å². The lowest BCUT2D eigenvalue weighted by Crippen LogP contribution is -2.38. The van der Waals surface area contributed by atoms with Gasteiger partial charge in [-0.2, -0.15) is 0 Å². The van der Waals surface area contributed by atoms with Crippen molar-refractivity contribution in [3.8, 4) is 16.9 Å². The van der Waals surface area contributed by atoms with E-state index in [-0.39, 0.29) is 30.6 Å². The molecular weight excluding hydrogens is 492 g/mol. The second-order valence-corrected chi connectivity index (χ2v) is 10.6. The summed E-state index contributed by atoms with van der Waals surface area (Å²) in [5.41, 5.74) is 12.2. The van der Waals surface area contributed by atoms with Crippen LogP contribution in [0.5, 0.6) is 5.75 Å². The van der Waals surface area contributed by atoms with Crippen LogP contribution in [0, 0.1) is 13.8 Å². The number of nitrogens with zero attached hydrogens (tertiary/aromatic N) is 3. The number of anilines is 1. The summed E-state index contributed by atoms with van der Waals surface area (Å²) in [4.78, 5) is 33.6. The number of methoxy groups -OCH3 is 1. The molecule has 2 atom stereocenters. The largest absolute Gasteiger partial charge is 0.496 e. The quantitative estimate of drug-likeness (QED) is 0.416. The van der Waals surface area contributed by atoms with E-state index in [0.717, 1.165) is 64.4 Å². The van der Waals surface area contributed by atoms with Crippen molar-refractivity contribution in [2.75, 3.05) is 25.1 Å². The van der Waals surface area contributed by atoms with Gasteiger partial charge in [0.1, 0.15) is 17.7 Å². The van der Waals surface area contributed by atoms with Crippen molar-refractivity contribution in [2.45, 2.75) is 58.7 Å². The predicted molar refractivity (Wildman–Crippen MR) is 151 cm³/mol. The van der Waals surface area contributed by atoms with Crippen molar-refractivity contribution in [2.24, 2.45) is 5.73 Å². The zero-order chi connectivity index (χ0) is 27.7. The Morgan fingerprint density at radius 1 is 1.08 bits per heavy atom. The number of aromatic nitrogens is 1. The van der Waals surface area contributed by atoms with E-state index in [9.17, 15) is 9.59 Å². The molecule has 0 bridgehead atoms. The van der Waals surface area contributed by atoms with Crippen LogP contribution in [0.25, 0.3) is 11.1 Å². The molecule has 3 heterocycles. The fourth-order valence-corrected chi connectivity index (χ4v) is 5.46. The molecule has 2 aliphatic rings. The van der Waals surface area contributed by atoms with Gasteiger partial charge in [0.15, 0.2) is 0 Å². The van der Waals surface area contributed by atoms with Crippen molar-refractivity contribution < 1.29 is 19.1 Å². The molecule has 3 aromatic rings. The Kier molecular flexibility index (Phi) is 7.46. The van der Waals surface area contributed by atoms with Crippen LogP contribution >= 0.6 is 0 Å². The molecule has 0 spiro atoms. The lowest BCUT2D eigenvalue weighted by atomic mass is 9.97. The van der Waals surface area contributed by atoms with E-state index in [4.69, 9.17) is 20.2 Å². The van der Waals surface area contributed by atoms with Crippen LogP contribution in [0.3, 0.4) is 0 Å². The van der Waals surface area contributed by atoms with Gasteiger partial charge >= 0.3 is 6.09 Å². The first-order valence-corrected chi connectivity index (χ1v) is 13.5. The number of primary amides is 1. The fourth-order valence-electron chi connectivity index (χ4n) is 5.46. The van der Waals surface area contributed by atoms with E-state index in [1.165, 1.54) is 0 Å². The topological polar surface area (TPSA) is 98.0 Å². The van der Waals surface area contributed by atoms with Crippen molar-refractivity contribution >= 4 is 17.8 Å². The number of benzene rings is 2. The minimum Gasteiger partial charge on any atom is -0.496 e. The van der Waals surface area contributed by atoms with E-state index in [2.05, 4.69) is 43.0 Å². The zero-order valence-electron chi connectivity index (χ0n) is 23.1. The molecule has 2 aliphatic heterocycles. The number of hydrogen-bond acceptors (Lipinski definition) is 6. The highest BCUT2D eigenvalue weighted by molar-refractivity contribution is 5.77. The Balaban J connectivity index is 1.51. The summed E-state index contributed by atoms with van der Waals surface area (Å²) in [7, 11) is 1.64. The highest BCUT2D eigenvalue weighted by Gasteiger charge is 2.40. The second-order valence-electron chi connectivity index (χ2n) is 10.6. The number of amides is 2. The predicted octanol–water partition coefficient (Wildman–Crippen LogP) is 5.08. The van der Waals surface area contributed by atoms with Gasteiger partial charge in [0.05, 0.1) is 25.4 Å². The van der Waals surface area contributed by atoms with Crippen LogP contribution in [0.15, 0.2) is 48.5 Å². The molecule has 2 N–H and O–H groups in total.